The Morgan fingerprint density at radius 3 is 2.65 bits per heavy atom. The molecular formula is C22H14BrClN2O4S. The van der Waals surface area contributed by atoms with E-state index in [-0.39, 0.29) is 4.91 Å². The highest BCUT2D eigenvalue weighted by atomic mass is 79.9. The van der Waals surface area contributed by atoms with Crippen molar-refractivity contribution in [3.05, 3.63) is 80.8 Å². The van der Waals surface area contributed by atoms with Crippen LogP contribution in [0.25, 0.3) is 17.4 Å². The molecule has 0 saturated carbocycles. The SMILES string of the molecule is O=C(CN1C(=O)S/C(=C/c2ccc(-c3ccc(Br)cc3)o2)C1=O)Nc1cccc(Cl)c1. The maximum atomic E-state index is 12.6. The molecule has 0 radical (unpaired) electrons. The Bertz CT molecular complexity index is 1210. The first-order chi connectivity index (χ1) is 14.9. The zero-order valence-corrected chi connectivity index (χ0v) is 19.0. The van der Waals surface area contributed by atoms with E-state index in [0.717, 1.165) is 26.7 Å². The molecule has 0 atom stereocenters. The molecule has 156 valence electrons. The van der Waals surface area contributed by atoms with Crippen LogP contribution >= 0.6 is 39.3 Å². The van der Waals surface area contributed by atoms with Crippen LogP contribution in [0.4, 0.5) is 10.5 Å². The zero-order chi connectivity index (χ0) is 22.0. The minimum atomic E-state index is -0.544. The number of nitrogens with zero attached hydrogens (tertiary/aromatic N) is 1. The Hall–Kier alpha value is -2.81. The molecule has 1 fully saturated rings. The molecule has 1 N–H and O–H groups in total. The summed E-state index contributed by atoms with van der Waals surface area (Å²) in [5.74, 6) is 0.0323. The maximum absolute atomic E-state index is 12.6. The van der Waals surface area contributed by atoms with Crippen molar-refractivity contribution in [1.29, 1.82) is 0 Å². The summed E-state index contributed by atoms with van der Waals surface area (Å²) in [5, 5.41) is 2.57. The minimum absolute atomic E-state index is 0.192. The number of furan rings is 1. The van der Waals surface area contributed by atoms with Gasteiger partial charge in [-0.15, -0.1) is 0 Å². The van der Waals surface area contributed by atoms with Gasteiger partial charge in [-0.2, -0.15) is 0 Å². The van der Waals surface area contributed by atoms with Crippen molar-refractivity contribution in [3.63, 3.8) is 0 Å². The van der Waals surface area contributed by atoms with Gasteiger partial charge in [0, 0.05) is 26.8 Å². The third-order valence-corrected chi connectivity index (χ3v) is 5.98. The van der Waals surface area contributed by atoms with Gasteiger partial charge in [0.05, 0.1) is 4.91 Å². The molecule has 4 rings (SSSR count). The Morgan fingerprint density at radius 1 is 1.13 bits per heavy atom. The number of rotatable bonds is 5. The summed E-state index contributed by atoms with van der Waals surface area (Å²) in [6.07, 6.45) is 1.50. The maximum Gasteiger partial charge on any atom is 0.294 e. The second-order valence-electron chi connectivity index (χ2n) is 6.54. The second-order valence-corrected chi connectivity index (χ2v) is 8.88. The van der Waals surface area contributed by atoms with Gasteiger partial charge in [0.1, 0.15) is 18.1 Å². The number of amides is 3. The first kappa shape index (κ1) is 21.4. The third-order valence-electron chi connectivity index (χ3n) is 4.31. The van der Waals surface area contributed by atoms with Crippen molar-refractivity contribution >= 4 is 68.1 Å². The third kappa shape index (κ3) is 5.10. The van der Waals surface area contributed by atoms with Gasteiger partial charge in [-0.05, 0) is 54.2 Å². The highest BCUT2D eigenvalue weighted by Gasteiger charge is 2.36. The normalized spacial score (nSPS) is 15.0. The van der Waals surface area contributed by atoms with Gasteiger partial charge in [-0.3, -0.25) is 19.3 Å². The van der Waals surface area contributed by atoms with Crippen LogP contribution in [-0.4, -0.2) is 28.5 Å². The molecular weight excluding hydrogens is 504 g/mol. The number of carbonyl (C=O) groups is 3. The molecule has 2 heterocycles. The van der Waals surface area contributed by atoms with Crippen molar-refractivity contribution in [2.24, 2.45) is 0 Å². The average Bonchev–Trinajstić information content (AvgIpc) is 3.29. The van der Waals surface area contributed by atoms with Crippen LogP contribution in [0.3, 0.4) is 0 Å². The lowest BCUT2D eigenvalue weighted by molar-refractivity contribution is -0.127. The van der Waals surface area contributed by atoms with E-state index in [1.54, 1.807) is 36.4 Å². The lowest BCUT2D eigenvalue weighted by Crippen LogP contribution is -2.36. The van der Waals surface area contributed by atoms with E-state index in [9.17, 15) is 14.4 Å². The van der Waals surface area contributed by atoms with Gasteiger partial charge < -0.3 is 9.73 Å². The molecule has 1 aliphatic heterocycles. The highest BCUT2D eigenvalue weighted by molar-refractivity contribution is 9.10. The van der Waals surface area contributed by atoms with Gasteiger partial charge in [0.25, 0.3) is 11.1 Å². The number of anilines is 1. The van der Waals surface area contributed by atoms with E-state index in [1.165, 1.54) is 6.08 Å². The molecule has 3 amide bonds. The Kier molecular flexibility index (Phi) is 6.31. The number of nitrogens with one attached hydrogen (secondary N) is 1. The Labute approximate surface area is 195 Å². The predicted octanol–water partition coefficient (Wildman–Crippen LogP) is 6.04. The predicted molar refractivity (Wildman–Crippen MR) is 125 cm³/mol. The molecule has 0 bridgehead atoms. The van der Waals surface area contributed by atoms with E-state index in [0.29, 0.717) is 22.2 Å². The lowest BCUT2D eigenvalue weighted by atomic mass is 10.2. The van der Waals surface area contributed by atoms with Gasteiger partial charge >= 0.3 is 0 Å². The van der Waals surface area contributed by atoms with Crippen molar-refractivity contribution in [3.8, 4) is 11.3 Å². The van der Waals surface area contributed by atoms with E-state index >= 15 is 0 Å². The fourth-order valence-corrected chi connectivity index (χ4v) is 4.15. The molecule has 6 nitrogen and oxygen atoms in total. The zero-order valence-electron chi connectivity index (χ0n) is 15.8. The first-order valence-corrected chi connectivity index (χ1v) is 11.0. The summed E-state index contributed by atoms with van der Waals surface area (Å²) in [5.41, 5.74) is 1.37. The van der Waals surface area contributed by atoms with Crippen LogP contribution in [0.15, 0.2) is 74.5 Å². The average molecular weight is 518 g/mol. The summed E-state index contributed by atoms with van der Waals surface area (Å²) in [6, 6.07) is 17.7. The molecule has 0 aliphatic carbocycles. The van der Waals surface area contributed by atoms with Crippen molar-refractivity contribution < 1.29 is 18.8 Å². The molecule has 1 aliphatic rings. The van der Waals surface area contributed by atoms with Crippen LogP contribution < -0.4 is 5.32 Å². The van der Waals surface area contributed by atoms with Crippen LogP contribution in [0.1, 0.15) is 5.76 Å². The summed E-state index contributed by atoms with van der Waals surface area (Å²) >= 11 is 10.0. The van der Waals surface area contributed by atoms with E-state index in [4.69, 9.17) is 16.0 Å². The van der Waals surface area contributed by atoms with E-state index in [2.05, 4.69) is 21.2 Å². The van der Waals surface area contributed by atoms with Crippen LogP contribution in [-0.2, 0) is 9.59 Å². The van der Waals surface area contributed by atoms with Crippen LogP contribution in [0.2, 0.25) is 5.02 Å². The number of hydrogen-bond acceptors (Lipinski definition) is 5. The fourth-order valence-electron chi connectivity index (χ4n) is 2.88. The quantitative estimate of drug-likeness (QED) is 0.418. The van der Waals surface area contributed by atoms with Crippen LogP contribution in [0, 0.1) is 0 Å². The van der Waals surface area contributed by atoms with Crippen molar-refractivity contribution in [2.75, 3.05) is 11.9 Å². The Morgan fingerprint density at radius 2 is 1.90 bits per heavy atom. The number of hydrogen-bond donors (Lipinski definition) is 1. The molecule has 9 heteroatoms. The van der Waals surface area contributed by atoms with Gasteiger partial charge in [0.2, 0.25) is 5.91 Å². The number of carbonyl (C=O) groups excluding carboxylic acids is 3. The molecule has 1 aromatic heterocycles. The summed E-state index contributed by atoms with van der Waals surface area (Å²) in [4.78, 5) is 38.3. The highest BCUT2D eigenvalue weighted by Crippen LogP contribution is 2.33. The summed E-state index contributed by atoms with van der Waals surface area (Å²) < 4.78 is 6.74. The van der Waals surface area contributed by atoms with E-state index in [1.807, 2.05) is 24.3 Å². The summed E-state index contributed by atoms with van der Waals surface area (Å²) in [6.45, 7) is -0.392. The molecule has 1 saturated heterocycles. The number of benzene rings is 2. The minimum Gasteiger partial charge on any atom is -0.457 e. The van der Waals surface area contributed by atoms with Gasteiger partial charge in [-0.1, -0.05) is 45.7 Å². The molecule has 0 unspecified atom stereocenters. The lowest BCUT2D eigenvalue weighted by Gasteiger charge is -2.12. The number of imide groups is 1. The standard InChI is InChI=1S/C22H14BrClN2O4S/c23-14-6-4-13(5-7-14)18-9-8-17(30-18)11-19-21(28)26(22(29)31-19)12-20(27)25-16-3-1-2-15(24)10-16/h1-11H,12H2,(H,25,27)/b19-11+. The topological polar surface area (TPSA) is 79.6 Å². The van der Waals surface area contributed by atoms with Crippen LogP contribution in [0.5, 0.6) is 0 Å². The monoisotopic (exact) mass is 516 g/mol. The first-order valence-electron chi connectivity index (χ1n) is 9.05. The van der Waals surface area contributed by atoms with Crippen molar-refractivity contribution in [1.82, 2.24) is 4.90 Å². The largest absolute Gasteiger partial charge is 0.457 e. The van der Waals surface area contributed by atoms with Crippen molar-refractivity contribution in [2.45, 2.75) is 0 Å². The molecule has 0 spiro atoms. The van der Waals surface area contributed by atoms with E-state index < -0.39 is 23.6 Å². The van der Waals surface area contributed by atoms with Gasteiger partial charge in [-0.25, -0.2) is 0 Å². The second kappa shape index (κ2) is 9.13. The summed E-state index contributed by atoms with van der Waals surface area (Å²) in [7, 11) is 0. The fraction of sp³-hybridized carbons (Fsp3) is 0.0455. The smallest absolute Gasteiger partial charge is 0.294 e. The number of halogens is 2. The van der Waals surface area contributed by atoms with Gasteiger partial charge in [0.15, 0.2) is 0 Å². The molecule has 3 aromatic rings. The number of thioether (sulfide) groups is 1. The Balaban J connectivity index is 1.45. The molecule has 31 heavy (non-hydrogen) atoms. The molecule has 2 aromatic carbocycles.